The highest BCUT2D eigenvalue weighted by Crippen LogP contribution is 2.23. The molecule has 0 spiro atoms. The minimum atomic E-state index is 0.421. The second-order valence-corrected chi connectivity index (χ2v) is 5.59. The fourth-order valence-corrected chi connectivity index (χ4v) is 2.64. The molecule has 2 heterocycles. The van der Waals surface area contributed by atoms with Gasteiger partial charge in [-0.2, -0.15) is 0 Å². The van der Waals surface area contributed by atoms with Gasteiger partial charge in [-0.05, 0) is 37.8 Å². The fourth-order valence-electron chi connectivity index (χ4n) is 2.64. The molecule has 0 unspecified atom stereocenters. The van der Waals surface area contributed by atoms with E-state index < -0.39 is 0 Å². The molecule has 4 nitrogen and oxygen atoms in total. The first-order chi connectivity index (χ1) is 10.9. The summed E-state index contributed by atoms with van der Waals surface area (Å²) in [6.07, 6.45) is 15.5. The van der Waals surface area contributed by atoms with Crippen molar-refractivity contribution < 1.29 is 0 Å². The molecule has 1 aliphatic carbocycles. The van der Waals surface area contributed by atoms with Crippen LogP contribution in [0.5, 0.6) is 0 Å². The molecule has 22 heavy (non-hydrogen) atoms. The topological polar surface area (TPSA) is 50.5 Å². The summed E-state index contributed by atoms with van der Waals surface area (Å²) in [7, 11) is 0. The minimum absolute atomic E-state index is 0.421. The number of pyridine rings is 2. The summed E-state index contributed by atoms with van der Waals surface area (Å²) < 4.78 is 0. The molecular formula is C18H20N4. The van der Waals surface area contributed by atoms with Crippen LogP contribution in [0.2, 0.25) is 0 Å². The molecule has 0 N–H and O–H groups in total. The summed E-state index contributed by atoms with van der Waals surface area (Å²) in [5.74, 6) is 0. The number of aliphatic imine (C=N–C) groups is 2. The van der Waals surface area contributed by atoms with Gasteiger partial charge in [0.25, 0.3) is 0 Å². The molecule has 0 bridgehead atoms. The highest BCUT2D eigenvalue weighted by Gasteiger charge is 2.19. The van der Waals surface area contributed by atoms with E-state index >= 15 is 0 Å². The van der Waals surface area contributed by atoms with Crippen molar-refractivity contribution in [3.63, 3.8) is 0 Å². The normalized spacial score (nSPS) is 22.4. The zero-order valence-corrected chi connectivity index (χ0v) is 12.5. The van der Waals surface area contributed by atoms with Crippen LogP contribution in [-0.4, -0.2) is 34.5 Å². The van der Waals surface area contributed by atoms with Gasteiger partial charge in [-0.15, -0.1) is 0 Å². The summed E-state index contributed by atoms with van der Waals surface area (Å²) >= 11 is 0. The Balaban J connectivity index is 1.48. The van der Waals surface area contributed by atoms with Gasteiger partial charge in [0.05, 0.1) is 12.1 Å². The molecule has 3 rings (SSSR count). The molecule has 2 aromatic heterocycles. The maximum atomic E-state index is 4.68. The van der Waals surface area contributed by atoms with Gasteiger partial charge >= 0.3 is 0 Å². The van der Waals surface area contributed by atoms with Gasteiger partial charge in [0, 0.05) is 48.3 Å². The van der Waals surface area contributed by atoms with Gasteiger partial charge in [-0.25, -0.2) is 0 Å². The lowest BCUT2D eigenvalue weighted by Crippen LogP contribution is -2.20. The first-order valence-electron chi connectivity index (χ1n) is 7.76. The van der Waals surface area contributed by atoms with Crippen LogP contribution in [-0.2, 0) is 0 Å². The Morgan fingerprint density at radius 1 is 0.773 bits per heavy atom. The van der Waals surface area contributed by atoms with Crippen molar-refractivity contribution in [1.82, 2.24) is 9.97 Å². The first-order valence-corrected chi connectivity index (χ1v) is 7.76. The lowest BCUT2D eigenvalue weighted by atomic mass is 9.92. The van der Waals surface area contributed by atoms with Crippen molar-refractivity contribution in [2.45, 2.75) is 37.8 Å². The average molecular weight is 292 g/mol. The van der Waals surface area contributed by atoms with Crippen LogP contribution in [0.4, 0.5) is 0 Å². The number of rotatable bonds is 4. The van der Waals surface area contributed by atoms with E-state index in [0.29, 0.717) is 12.1 Å². The van der Waals surface area contributed by atoms with Gasteiger partial charge in [0.15, 0.2) is 0 Å². The monoisotopic (exact) mass is 292 g/mol. The van der Waals surface area contributed by atoms with E-state index in [1.807, 2.05) is 49.1 Å². The molecule has 1 fully saturated rings. The average Bonchev–Trinajstić information content (AvgIpc) is 2.61. The predicted octanol–water partition coefficient (Wildman–Crippen LogP) is 3.33. The zero-order valence-electron chi connectivity index (χ0n) is 12.5. The van der Waals surface area contributed by atoms with Crippen molar-refractivity contribution in [1.29, 1.82) is 0 Å². The lowest BCUT2D eigenvalue weighted by Gasteiger charge is -2.23. The fraction of sp³-hybridized carbons (Fsp3) is 0.333. The standard InChI is InChI=1S/C18H20N4/c1-3-15(11-19-9-1)13-21-17-5-7-18(8-6-17)22-14-16-4-2-10-20-12-16/h1-4,9-14,17-18H,5-8H2/b21-13+,22-14+. The molecule has 0 amide bonds. The second kappa shape index (κ2) is 7.59. The van der Waals surface area contributed by atoms with E-state index in [0.717, 1.165) is 36.8 Å². The Hall–Kier alpha value is -2.36. The number of aromatic nitrogens is 2. The molecule has 0 aromatic carbocycles. The molecule has 1 aliphatic rings. The van der Waals surface area contributed by atoms with Crippen LogP contribution >= 0.6 is 0 Å². The van der Waals surface area contributed by atoms with E-state index in [1.165, 1.54) is 0 Å². The van der Waals surface area contributed by atoms with Crippen LogP contribution in [0, 0.1) is 0 Å². The third kappa shape index (κ3) is 4.32. The van der Waals surface area contributed by atoms with Crippen LogP contribution < -0.4 is 0 Å². The third-order valence-electron chi connectivity index (χ3n) is 3.90. The highest BCUT2D eigenvalue weighted by atomic mass is 14.8. The van der Waals surface area contributed by atoms with E-state index in [9.17, 15) is 0 Å². The Morgan fingerprint density at radius 2 is 1.23 bits per heavy atom. The SMILES string of the molecule is C(=N\C1CCC(/N=C/c2cccnc2)CC1)/c1cccnc1. The van der Waals surface area contributed by atoms with Crippen molar-refractivity contribution in [3.8, 4) is 0 Å². The van der Waals surface area contributed by atoms with Crippen molar-refractivity contribution in [3.05, 3.63) is 60.2 Å². The molecule has 112 valence electrons. The summed E-state index contributed by atoms with van der Waals surface area (Å²) in [6, 6.07) is 8.77. The number of hydrogen-bond acceptors (Lipinski definition) is 4. The first kappa shape index (κ1) is 14.6. The molecule has 0 radical (unpaired) electrons. The summed E-state index contributed by atoms with van der Waals surface area (Å²) in [4.78, 5) is 17.6. The van der Waals surface area contributed by atoms with Crippen LogP contribution in [0.1, 0.15) is 36.8 Å². The second-order valence-electron chi connectivity index (χ2n) is 5.59. The molecule has 2 aromatic rings. The van der Waals surface area contributed by atoms with E-state index in [4.69, 9.17) is 0 Å². The van der Waals surface area contributed by atoms with Gasteiger partial charge in [0.2, 0.25) is 0 Å². The van der Waals surface area contributed by atoms with Crippen molar-refractivity contribution in [2.24, 2.45) is 9.98 Å². The zero-order chi connectivity index (χ0) is 15.0. The van der Waals surface area contributed by atoms with E-state index in [1.54, 1.807) is 12.4 Å². The maximum absolute atomic E-state index is 4.68. The maximum Gasteiger partial charge on any atom is 0.0501 e. The van der Waals surface area contributed by atoms with Crippen LogP contribution in [0.15, 0.2) is 59.0 Å². The largest absolute Gasteiger partial charge is 0.289 e. The summed E-state index contributed by atoms with van der Waals surface area (Å²) in [6.45, 7) is 0. The van der Waals surface area contributed by atoms with E-state index in [-0.39, 0.29) is 0 Å². The Morgan fingerprint density at radius 3 is 1.59 bits per heavy atom. The smallest absolute Gasteiger partial charge is 0.0501 e. The number of nitrogens with zero attached hydrogens (tertiary/aromatic N) is 4. The van der Waals surface area contributed by atoms with Gasteiger partial charge in [0.1, 0.15) is 0 Å². The molecule has 0 saturated heterocycles. The molecule has 0 atom stereocenters. The molecule has 4 heteroatoms. The summed E-state index contributed by atoms with van der Waals surface area (Å²) in [5.41, 5.74) is 2.14. The van der Waals surface area contributed by atoms with Crippen molar-refractivity contribution >= 4 is 12.4 Å². The van der Waals surface area contributed by atoms with Gasteiger partial charge in [-0.1, -0.05) is 12.1 Å². The number of hydrogen-bond donors (Lipinski definition) is 0. The summed E-state index contributed by atoms with van der Waals surface area (Å²) in [5, 5.41) is 0. The van der Waals surface area contributed by atoms with E-state index in [2.05, 4.69) is 20.0 Å². The predicted molar refractivity (Wildman–Crippen MR) is 89.7 cm³/mol. The molecular weight excluding hydrogens is 272 g/mol. The minimum Gasteiger partial charge on any atom is -0.289 e. The molecule has 1 saturated carbocycles. The van der Waals surface area contributed by atoms with Gasteiger partial charge in [-0.3, -0.25) is 20.0 Å². The van der Waals surface area contributed by atoms with Gasteiger partial charge < -0.3 is 0 Å². The molecule has 0 aliphatic heterocycles. The van der Waals surface area contributed by atoms with Crippen LogP contribution in [0.25, 0.3) is 0 Å². The Labute approximate surface area is 131 Å². The Bertz CT molecular complexity index is 557. The quantitative estimate of drug-likeness (QED) is 0.812. The van der Waals surface area contributed by atoms with Crippen LogP contribution in [0.3, 0.4) is 0 Å². The Kier molecular flexibility index (Phi) is 5.03. The lowest BCUT2D eigenvalue weighted by molar-refractivity contribution is 0.399. The highest BCUT2D eigenvalue weighted by molar-refractivity contribution is 5.79. The third-order valence-corrected chi connectivity index (χ3v) is 3.90. The van der Waals surface area contributed by atoms with Crippen molar-refractivity contribution in [2.75, 3.05) is 0 Å².